The lowest BCUT2D eigenvalue weighted by Crippen LogP contribution is -2.70. The summed E-state index contributed by atoms with van der Waals surface area (Å²) in [4.78, 5) is 0. The second-order valence-electron chi connectivity index (χ2n) is 9.99. The molecule has 3 aromatic rings. The Labute approximate surface area is 202 Å². The third kappa shape index (κ3) is 4.15. The van der Waals surface area contributed by atoms with Crippen LogP contribution in [0.1, 0.15) is 32.6 Å². The Kier molecular flexibility index (Phi) is 6.46. The van der Waals surface area contributed by atoms with Crippen LogP contribution >= 0.6 is 0 Å². The maximum Gasteiger partial charge on any atom is 0.261 e. The lowest BCUT2D eigenvalue weighted by molar-refractivity contribution is -0.224. The molecule has 5 atom stereocenters. The number of aliphatic hydroxyl groups excluding tert-OH is 1. The molecule has 1 unspecified atom stereocenters. The Morgan fingerprint density at radius 2 is 1.32 bits per heavy atom. The highest BCUT2D eigenvalue weighted by atomic mass is 28.4. The third-order valence-corrected chi connectivity index (χ3v) is 11.8. The topological polar surface area (TPSA) is 57.2 Å². The van der Waals surface area contributed by atoms with Crippen molar-refractivity contribution in [2.75, 3.05) is 6.61 Å². The molecule has 178 valence electrons. The van der Waals surface area contributed by atoms with Crippen molar-refractivity contribution in [1.82, 2.24) is 0 Å². The summed E-state index contributed by atoms with van der Waals surface area (Å²) in [5, 5.41) is 13.1. The van der Waals surface area contributed by atoms with Crippen molar-refractivity contribution in [3.8, 4) is 0 Å². The van der Waals surface area contributed by atoms with Crippen LogP contribution in [0.15, 0.2) is 91.0 Å². The number of aliphatic hydroxyl groups is 1. The molecule has 0 saturated carbocycles. The van der Waals surface area contributed by atoms with Gasteiger partial charge in [0.1, 0.15) is 18.3 Å². The average Bonchev–Trinajstić information content (AvgIpc) is 3.29. The van der Waals surface area contributed by atoms with Gasteiger partial charge in [-0.05, 0) is 15.4 Å². The summed E-state index contributed by atoms with van der Waals surface area (Å²) >= 11 is 0. The lowest BCUT2D eigenvalue weighted by Gasteiger charge is -2.48. The van der Waals surface area contributed by atoms with E-state index in [1.165, 1.54) is 0 Å². The fraction of sp³-hybridized carbons (Fsp3) is 0.357. The lowest BCUT2D eigenvalue weighted by atomic mass is 10.1. The van der Waals surface area contributed by atoms with Crippen LogP contribution in [0.5, 0.6) is 0 Å². The molecule has 5 nitrogen and oxygen atoms in total. The molecule has 2 saturated heterocycles. The quantitative estimate of drug-likeness (QED) is 0.569. The van der Waals surface area contributed by atoms with E-state index in [1.807, 2.05) is 66.7 Å². The molecule has 2 fully saturated rings. The second kappa shape index (κ2) is 9.38. The molecule has 0 amide bonds. The number of fused-ring (bicyclic) bond motifs is 1. The van der Waals surface area contributed by atoms with Gasteiger partial charge >= 0.3 is 0 Å². The predicted molar refractivity (Wildman–Crippen MR) is 133 cm³/mol. The summed E-state index contributed by atoms with van der Waals surface area (Å²) in [6.07, 6.45) is -3.09. The summed E-state index contributed by atoms with van der Waals surface area (Å²) in [5.74, 6) is 0. The molecule has 2 aliphatic heterocycles. The standard InChI is InChI=1S/C28H32O5Si/c1-28(2,3)34(21-15-9-5-10-16-21,22-17-11-6-12-18-22)33-25-24-23(19-30-26(25)29)31-27(32-24)20-13-7-4-8-14-20/h4-18,23-27,29H,19H2,1-3H3/t23-,24-,25+,26?,27+/m1/s1. The van der Waals surface area contributed by atoms with Crippen molar-refractivity contribution < 1.29 is 23.7 Å². The molecule has 0 spiro atoms. The van der Waals surface area contributed by atoms with E-state index in [-0.39, 0.29) is 17.7 Å². The minimum Gasteiger partial charge on any atom is -0.396 e. The Bertz CT molecular complexity index is 1030. The highest BCUT2D eigenvalue weighted by molar-refractivity contribution is 6.99. The molecule has 1 N–H and O–H groups in total. The van der Waals surface area contributed by atoms with Crippen molar-refractivity contribution in [3.05, 3.63) is 96.6 Å². The van der Waals surface area contributed by atoms with Crippen molar-refractivity contribution in [2.45, 2.75) is 56.7 Å². The van der Waals surface area contributed by atoms with Gasteiger partial charge in [0.15, 0.2) is 12.6 Å². The number of hydrogen-bond acceptors (Lipinski definition) is 5. The summed E-state index contributed by atoms with van der Waals surface area (Å²) in [5.41, 5.74) is 0.940. The van der Waals surface area contributed by atoms with Gasteiger partial charge in [0.2, 0.25) is 0 Å². The highest BCUT2D eigenvalue weighted by Crippen LogP contribution is 2.42. The first-order valence-electron chi connectivity index (χ1n) is 11.8. The zero-order valence-electron chi connectivity index (χ0n) is 19.8. The van der Waals surface area contributed by atoms with Gasteiger partial charge in [0.05, 0.1) is 6.61 Å². The number of rotatable bonds is 5. The minimum atomic E-state index is -2.92. The molecule has 34 heavy (non-hydrogen) atoms. The van der Waals surface area contributed by atoms with Gasteiger partial charge in [0.25, 0.3) is 8.32 Å². The van der Waals surface area contributed by atoms with Crippen LogP contribution in [0, 0.1) is 0 Å². The van der Waals surface area contributed by atoms with E-state index >= 15 is 0 Å². The second-order valence-corrected chi connectivity index (χ2v) is 14.2. The Hall–Kier alpha value is -2.32. The van der Waals surface area contributed by atoms with Crippen LogP contribution in [0.25, 0.3) is 0 Å². The molecular weight excluding hydrogens is 444 g/mol. The first-order chi connectivity index (χ1) is 16.4. The Balaban J connectivity index is 1.56. The Morgan fingerprint density at radius 1 is 0.794 bits per heavy atom. The molecule has 0 bridgehead atoms. The van der Waals surface area contributed by atoms with Crippen LogP contribution in [0.4, 0.5) is 0 Å². The van der Waals surface area contributed by atoms with Gasteiger partial charge in [0, 0.05) is 5.56 Å². The zero-order chi connectivity index (χ0) is 23.8. The number of ether oxygens (including phenoxy) is 3. The monoisotopic (exact) mass is 476 g/mol. The van der Waals surface area contributed by atoms with Crippen molar-refractivity contribution >= 4 is 18.7 Å². The van der Waals surface area contributed by atoms with E-state index in [1.54, 1.807) is 0 Å². The Morgan fingerprint density at radius 3 is 1.85 bits per heavy atom. The van der Waals surface area contributed by atoms with Crippen LogP contribution in [0.3, 0.4) is 0 Å². The maximum atomic E-state index is 11.0. The fourth-order valence-electron chi connectivity index (χ4n) is 5.16. The van der Waals surface area contributed by atoms with E-state index in [0.717, 1.165) is 15.9 Å². The first-order valence-corrected chi connectivity index (χ1v) is 13.8. The summed E-state index contributed by atoms with van der Waals surface area (Å²) in [7, 11) is -2.92. The molecule has 2 heterocycles. The molecule has 0 radical (unpaired) electrons. The van der Waals surface area contributed by atoms with E-state index < -0.39 is 33.1 Å². The van der Waals surface area contributed by atoms with Crippen molar-refractivity contribution in [3.63, 3.8) is 0 Å². The highest BCUT2D eigenvalue weighted by Gasteiger charge is 2.57. The SMILES string of the molecule is CC(C)(C)[Si](O[C@@H]1C(O)OC[C@H]2O[C@H](c3ccccc3)O[C@@H]12)(c1ccccc1)c1ccccc1. The minimum absolute atomic E-state index is 0.235. The summed E-state index contributed by atoms with van der Waals surface area (Å²) < 4.78 is 25.6. The molecule has 6 heteroatoms. The van der Waals surface area contributed by atoms with Gasteiger partial charge in [-0.2, -0.15) is 0 Å². The van der Waals surface area contributed by atoms with E-state index in [2.05, 4.69) is 45.0 Å². The average molecular weight is 477 g/mol. The van der Waals surface area contributed by atoms with Crippen LogP contribution in [-0.4, -0.2) is 44.6 Å². The smallest absolute Gasteiger partial charge is 0.261 e. The first kappa shape index (κ1) is 23.4. The van der Waals surface area contributed by atoms with E-state index in [9.17, 15) is 5.11 Å². The summed E-state index contributed by atoms with van der Waals surface area (Å²) in [6.45, 7) is 6.90. The molecule has 2 aliphatic rings. The third-order valence-electron chi connectivity index (χ3n) is 6.78. The van der Waals surface area contributed by atoms with Gasteiger partial charge in [-0.25, -0.2) is 0 Å². The normalized spacial score (nSPS) is 27.4. The predicted octanol–water partition coefficient (Wildman–Crippen LogP) is 3.76. The van der Waals surface area contributed by atoms with Gasteiger partial charge in [-0.15, -0.1) is 0 Å². The number of benzene rings is 3. The van der Waals surface area contributed by atoms with E-state index in [4.69, 9.17) is 18.6 Å². The van der Waals surface area contributed by atoms with Gasteiger partial charge in [-0.1, -0.05) is 112 Å². The fourth-order valence-corrected chi connectivity index (χ4v) is 9.83. The molecule has 3 aromatic carbocycles. The zero-order valence-corrected chi connectivity index (χ0v) is 20.8. The largest absolute Gasteiger partial charge is 0.396 e. The van der Waals surface area contributed by atoms with E-state index in [0.29, 0.717) is 0 Å². The molecule has 5 rings (SSSR count). The maximum absolute atomic E-state index is 11.0. The van der Waals surface area contributed by atoms with Gasteiger partial charge < -0.3 is 23.7 Å². The number of hydrogen-bond donors (Lipinski definition) is 1. The van der Waals surface area contributed by atoms with Gasteiger partial charge in [-0.3, -0.25) is 0 Å². The van der Waals surface area contributed by atoms with Crippen LogP contribution < -0.4 is 10.4 Å². The molecule has 0 aromatic heterocycles. The molecule has 0 aliphatic carbocycles. The summed E-state index contributed by atoms with van der Waals surface area (Å²) in [6, 6.07) is 30.6. The van der Waals surface area contributed by atoms with Crippen LogP contribution in [0.2, 0.25) is 5.04 Å². The van der Waals surface area contributed by atoms with Crippen LogP contribution in [-0.2, 0) is 18.6 Å². The molecular formula is C28H32O5Si. The van der Waals surface area contributed by atoms with Crippen molar-refractivity contribution in [1.29, 1.82) is 0 Å². The van der Waals surface area contributed by atoms with Crippen molar-refractivity contribution in [2.24, 2.45) is 0 Å².